The van der Waals surface area contributed by atoms with Crippen LogP contribution >= 0.6 is 15.9 Å². The van der Waals surface area contributed by atoms with E-state index in [1.807, 2.05) is 0 Å². The first-order chi connectivity index (χ1) is 9.16. The maximum atomic E-state index is 5.55. The fraction of sp³-hybridized carbons (Fsp3) is 0.625. The summed E-state index contributed by atoms with van der Waals surface area (Å²) in [5.74, 6) is 0. The van der Waals surface area contributed by atoms with E-state index in [0.717, 1.165) is 19.6 Å². The summed E-state index contributed by atoms with van der Waals surface area (Å²) < 4.78 is 6.74. The molecule has 0 heterocycles. The van der Waals surface area contributed by atoms with Gasteiger partial charge in [0.15, 0.2) is 0 Å². The average Bonchev–Trinajstić information content (AvgIpc) is 2.75. The zero-order chi connectivity index (χ0) is 13.7. The predicted octanol–water partition coefficient (Wildman–Crippen LogP) is 4.23. The van der Waals surface area contributed by atoms with Crippen molar-refractivity contribution >= 4 is 15.9 Å². The first-order valence-corrected chi connectivity index (χ1v) is 8.09. The Bertz CT molecular complexity index is 406. The molecule has 106 valence electrons. The van der Waals surface area contributed by atoms with Crippen molar-refractivity contribution in [3.05, 3.63) is 33.8 Å². The van der Waals surface area contributed by atoms with Gasteiger partial charge in [-0.25, -0.2) is 0 Å². The highest BCUT2D eigenvalue weighted by atomic mass is 79.9. The lowest BCUT2D eigenvalue weighted by Gasteiger charge is -2.14. The maximum Gasteiger partial charge on any atom is 0.0518 e. The first kappa shape index (κ1) is 15.0. The summed E-state index contributed by atoms with van der Waals surface area (Å²) >= 11 is 3.54. The number of aryl methyl sites for hydroxylation is 1. The second kappa shape index (κ2) is 7.41. The highest BCUT2D eigenvalue weighted by Gasteiger charge is 2.21. The van der Waals surface area contributed by atoms with Crippen molar-refractivity contribution in [3.8, 4) is 0 Å². The molecular formula is C16H24BrNO. The molecule has 3 heteroatoms. The van der Waals surface area contributed by atoms with E-state index >= 15 is 0 Å². The molecule has 1 unspecified atom stereocenters. The van der Waals surface area contributed by atoms with Crippen LogP contribution < -0.4 is 5.32 Å². The minimum atomic E-state index is 0.355. The van der Waals surface area contributed by atoms with Crippen LogP contribution in [0.4, 0.5) is 0 Å². The average molecular weight is 326 g/mol. The van der Waals surface area contributed by atoms with E-state index in [4.69, 9.17) is 4.74 Å². The Morgan fingerprint density at radius 3 is 3.00 bits per heavy atom. The number of unbranched alkanes of at least 4 members (excludes halogenated alkanes) is 1. The zero-order valence-electron chi connectivity index (χ0n) is 11.9. The number of rotatable bonds is 7. The third-order valence-electron chi connectivity index (χ3n) is 3.60. The SMILES string of the molecule is CC(C)OCCCCNC1CCc2cc(Br)ccc21. The first-order valence-electron chi connectivity index (χ1n) is 7.30. The molecular weight excluding hydrogens is 302 g/mol. The lowest BCUT2D eigenvalue weighted by Crippen LogP contribution is -2.20. The minimum absolute atomic E-state index is 0.355. The van der Waals surface area contributed by atoms with Gasteiger partial charge in [0, 0.05) is 17.1 Å². The molecule has 2 rings (SSSR count). The summed E-state index contributed by atoms with van der Waals surface area (Å²) in [6.45, 7) is 6.15. The maximum absolute atomic E-state index is 5.55. The summed E-state index contributed by atoms with van der Waals surface area (Å²) in [5.41, 5.74) is 2.98. The third kappa shape index (κ3) is 4.59. The topological polar surface area (TPSA) is 21.3 Å². The van der Waals surface area contributed by atoms with Crippen molar-refractivity contribution in [1.82, 2.24) is 5.32 Å². The molecule has 0 amide bonds. The highest BCUT2D eigenvalue weighted by molar-refractivity contribution is 9.10. The van der Waals surface area contributed by atoms with Crippen LogP contribution in [0.2, 0.25) is 0 Å². The van der Waals surface area contributed by atoms with E-state index in [9.17, 15) is 0 Å². The fourth-order valence-corrected chi connectivity index (χ4v) is 3.03. The normalized spacial score (nSPS) is 18.0. The van der Waals surface area contributed by atoms with Crippen LogP contribution in [0.3, 0.4) is 0 Å². The summed E-state index contributed by atoms with van der Waals surface area (Å²) in [7, 11) is 0. The number of ether oxygens (including phenoxy) is 1. The molecule has 1 aliphatic carbocycles. The number of benzene rings is 1. The molecule has 0 saturated heterocycles. The van der Waals surface area contributed by atoms with Crippen molar-refractivity contribution in [3.63, 3.8) is 0 Å². The van der Waals surface area contributed by atoms with Gasteiger partial charge in [0.05, 0.1) is 6.10 Å². The standard InChI is InChI=1S/C16H24BrNO/c1-12(2)19-10-4-3-9-18-16-8-5-13-11-14(17)6-7-15(13)16/h6-7,11-12,16,18H,3-5,8-10H2,1-2H3. The second-order valence-corrected chi connectivity index (χ2v) is 6.43. The summed E-state index contributed by atoms with van der Waals surface area (Å²) in [4.78, 5) is 0. The molecule has 19 heavy (non-hydrogen) atoms. The molecule has 1 aromatic carbocycles. The zero-order valence-corrected chi connectivity index (χ0v) is 13.5. The van der Waals surface area contributed by atoms with Crippen LogP contribution in [0.1, 0.15) is 50.3 Å². The number of nitrogens with one attached hydrogen (secondary N) is 1. The lowest BCUT2D eigenvalue weighted by molar-refractivity contribution is 0.0759. The van der Waals surface area contributed by atoms with Gasteiger partial charge in [0.1, 0.15) is 0 Å². The fourth-order valence-electron chi connectivity index (χ4n) is 2.62. The van der Waals surface area contributed by atoms with Crippen LogP contribution in [-0.4, -0.2) is 19.3 Å². The lowest BCUT2D eigenvalue weighted by atomic mass is 10.1. The van der Waals surface area contributed by atoms with Gasteiger partial charge in [-0.05, 0) is 69.3 Å². The second-order valence-electron chi connectivity index (χ2n) is 5.52. The molecule has 0 radical (unpaired) electrons. The van der Waals surface area contributed by atoms with Crippen molar-refractivity contribution in [2.45, 2.75) is 51.7 Å². The van der Waals surface area contributed by atoms with Gasteiger partial charge in [-0.15, -0.1) is 0 Å². The molecule has 0 bridgehead atoms. The largest absolute Gasteiger partial charge is 0.379 e. The Morgan fingerprint density at radius 1 is 1.37 bits per heavy atom. The van der Waals surface area contributed by atoms with Crippen LogP contribution in [-0.2, 0) is 11.2 Å². The van der Waals surface area contributed by atoms with Gasteiger partial charge in [0.25, 0.3) is 0 Å². The molecule has 0 saturated carbocycles. The van der Waals surface area contributed by atoms with Crippen LogP contribution in [0.15, 0.2) is 22.7 Å². The van der Waals surface area contributed by atoms with Crippen LogP contribution in [0.25, 0.3) is 0 Å². The molecule has 2 nitrogen and oxygen atoms in total. The number of hydrogen-bond donors (Lipinski definition) is 1. The van der Waals surface area contributed by atoms with Crippen molar-refractivity contribution < 1.29 is 4.74 Å². The predicted molar refractivity (Wildman–Crippen MR) is 83.5 cm³/mol. The molecule has 1 aliphatic rings. The minimum Gasteiger partial charge on any atom is -0.379 e. The summed E-state index contributed by atoms with van der Waals surface area (Å²) in [5, 5.41) is 3.67. The summed E-state index contributed by atoms with van der Waals surface area (Å²) in [6, 6.07) is 7.21. The molecule has 0 spiro atoms. The molecule has 0 aliphatic heterocycles. The highest BCUT2D eigenvalue weighted by Crippen LogP contribution is 2.32. The molecule has 1 aromatic rings. The Hall–Kier alpha value is -0.380. The monoisotopic (exact) mass is 325 g/mol. The van der Waals surface area contributed by atoms with Crippen molar-refractivity contribution in [2.75, 3.05) is 13.2 Å². The number of halogens is 1. The van der Waals surface area contributed by atoms with E-state index in [1.165, 1.54) is 34.9 Å². The Labute approximate surface area is 125 Å². The Kier molecular flexibility index (Phi) is 5.86. The van der Waals surface area contributed by atoms with E-state index < -0.39 is 0 Å². The third-order valence-corrected chi connectivity index (χ3v) is 4.09. The van der Waals surface area contributed by atoms with Gasteiger partial charge in [0.2, 0.25) is 0 Å². The number of fused-ring (bicyclic) bond motifs is 1. The molecule has 1 N–H and O–H groups in total. The van der Waals surface area contributed by atoms with Crippen LogP contribution in [0, 0.1) is 0 Å². The van der Waals surface area contributed by atoms with Crippen LogP contribution in [0.5, 0.6) is 0 Å². The van der Waals surface area contributed by atoms with E-state index in [0.29, 0.717) is 12.1 Å². The van der Waals surface area contributed by atoms with Gasteiger partial charge >= 0.3 is 0 Å². The van der Waals surface area contributed by atoms with E-state index in [2.05, 4.69) is 53.3 Å². The van der Waals surface area contributed by atoms with E-state index in [-0.39, 0.29) is 0 Å². The molecule has 0 aromatic heterocycles. The smallest absolute Gasteiger partial charge is 0.0518 e. The quantitative estimate of drug-likeness (QED) is 0.757. The van der Waals surface area contributed by atoms with Gasteiger partial charge in [-0.1, -0.05) is 22.0 Å². The van der Waals surface area contributed by atoms with Gasteiger partial charge in [-0.3, -0.25) is 0 Å². The Balaban J connectivity index is 1.69. The van der Waals surface area contributed by atoms with Crippen molar-refractivity contribution in [2.24, 2.45) is 0 Å². The van der Waals surface area contributed by atoms with Gasteiger partial charge < -0.3 is 10.1 Å². The summed E-state index contributed by atoms with van der Waals surface area (Å²) in [6.07, 6.45) is 5.12. The van der Waals surface area contributed by atoms with E-state index in [1.54, 1.807) is 0 Å². The number of hydrogen-bond acceptors (Lipinski definition) is 2. The van der Waals surface area contributed by atoms with Gasteiger partial charge in [-0.2, -0.15) is 0 Å². The molecule has 1 atom stereocenters. The molecule has 0 fully saturated rings. The van der Waals surface area contributed by atoms with Crippen molar-refractivity contribution in [1.29, 1.82) is 0 Å². The Morgan fingerprint density at radius 2 is 2.21 bits per heavy atom.